The number of carbonyl (C=O) groups is 2. The molecule has 1 saturated carbocycles. The highest BCUT2D eigenvalue weighted by Gasteiger charge is 2.31. The van der Waals surface area contributed by atoms with Crippen LogP contribution in [0.4, 0.5) is 0 Å². The maximum absolute atomic E-state index is 12.2. The molecule has 4 nitrogen and oxygen atoms in total. The Morgan fingerprint density at radius 2 is 1.91 bits per heavy atom. The second kappa shape index (κ2) is 8.82. The Morgan fingerprint density at radius 1 is 1.22 bits per heavy atom. The summed E-state index contributed by atoms with van der Waals surface area (Å²) in [7, 11) is 0. The largest absolute Gasteiger partial charge is 0.352 e. The number of Topliss-reactive ketones (excluding diaryl/α,β-unsaturated/α-hetero) is 1. The van der Waals surface area contributed by atoms with Crippen LogP contribution in [0.25, 0.3) is 0 Å². The van der Waals surface area contributed by atoms with E-state index in [0.717, 1.165) is 25.7 Å². The molecule has 0 spiro atoms. The van der Waals surface area contributed by atoms with Crippen molar-refractivity contribution in [3.63, 3.8) is 0 Å². The highest BCUT2D eigenvalue weighted by atomic mass is 16.2. The fraction of sp³-hybridized carbons (Fsp3) is 0.579. The molecule has 0 heterocycles. The Bertz CT molecular complexity index is 521. The van der Waals surface area contributed by atoms with Crippen LogP contribution in [0.2, 0.25) is 0 Å². The number of rotatable bonds is 10. The summed E-state index contributed by atoms with van der Waals surface area (Å²) >= 11 is 0. The van der Waals surface area contributed by atoms with Gasteiger partial charge in [-0.05, 0) is 37.2 Å². The first-order chi connectivity index (χ1) is 11.1. The van der Waals surface area contributed by atoms with Crippen LogP contribution in [-0.2, 0) is 11.2 Å². The van der Waals surface area contributed by atoms with E-state index < -0.39 is 0 Å². The summed E-state index contributed by atoms with van der Waals surface area (Å²) in [6.45, 7) is 2.64. The highest BCUT2D eigenvalue weighted by Crippen LogP contribution is 2.32. The smallest absolute Gasteiger partial charge is 0.220 e. The maximum atomic E-state index is 12.2. The van der Waals surface area contributed by atoms with Crippen LogP contribution >= 0.6 is 0 Å². The van der Waals surface area contributed by atoms with Crippen molar-refractivity contribution >= 4 is 11.7 Å². The van der Waals surface area contributed by atoms with Gasteiger partial charge in [0.15, 0.2) is 5.78 Å². The van der Waals surface area contributed by atoms with E-state index in [1.54, 1.807) is 0 Å². The second-order valence-electron chi connectivity index (χ2n) is 6.47. The first kappa shape index (κ1) is 17.7. The third kappa shape index (κ3) is 5.79. The molecule has 0 aliphatic heterocycles. The molecule has 126 valence electrons. The molecule has 1 aromatic rings. The van der Waals surface area contributed by atoms with Crippen LogP contribution < -0.4 is 11.1 Å². The van der Waals surface area contributed by atoms with Crippen LogP contribution in [0.15, 0.2) is 24.3 Å². The topological polar surface area (TPSA) is 72.2 Å². The monoisotopic (exact) mass is 316 g/mol. The predicted molar refractivity (Wildman–Crippen MR) is 92.3 cm³/mol. The average Bonchev–Trinajstić information content (AvgIpc) is 3.41. The van der Waals surface area contributed by atoms with Gasteiger partial charge in [0.2, 0.25) is 5.91 Å². The number of carbonyl (C=O) groups excluding carboxylic acids is 2. The molecule has 23 heavy (non-hydrogen) atoms. The predicted octanol–water partition coefficient (Wildman–Crippen LogP) is 2.85. The summed E-state index contributed by atoms with van der Waals surface area (Å²) in [4.78, 5) is 24.1. The van der Waals surface area contributed by atoms with Crippen LogP contribution in [0.3, 0.4) is 0 Å². The zero-order valence-electron chi connectivity index (χ0n) is 14.0. The van der Waals surface area contributed by atoms with Crippen molar-refractivity contribution in [2.45, 2.75) is 57.9 Å². The molecule has 0 aromatic heterocycles. The van der Waals surface area contributed by atoms with Gasteiger partial charge in [0.1, 0.15) is 0 Å². The lowest BCUT2D eigenvalue weighted by Gasteiger charge is -2.15. The summed E-state index contributed by atoms with van der Waals surface area (Å²) in [6.07, 6.45) is 6.16. The number of nitrogens with one attached hydrogen (secondary N) is 1. The minimum Gasteiger partial charge on any atom is -0.352 e. The third-order valence-electron chi connectivity index (χ3n) is 4.47. The Labute approximate surface area is 138 Å². The van der Waals surface area contributed by atoms with E-state index >= 15 is 0 Å². The Morgan fingerprint density at radius 3 is 2.48 bits per heavy atom. The summed E-state index contributed by atoms with van der Waals surface area (Å²) in [6, 6.07) is 7.85. The van der Waals surface area contributed by atoms with E-state index in [-0.39, 0.29) is 30.6 Å². The SMILES string of the molecule is CCCCc1ccc(C(=O)CCC(=O)NC(CN)C2CC2)cc1. The molecule has 0 bridgehead atoms. The zero-order chi connectivity index (χ0) is 16.7. The van der Waals surface area contributed by atoms with Gasteiger partial charge in [-0.1, -0.05) is 37.6 Å². The molecular formula is C19H28N2O2. The van der Waals surface area contributed by atoms with E-state index in [9.17, 15) is 9.59 Å². The van der Waals surface area contributed by atoms with Gasteiger partial charge in [0.05, 0.1) is 0 Å². The lowest BCUT2D eigenvalue weighted by molar-refractivity contribution is -0.121. The fourth-order valence-electron chi connectivity index (χ4n) is 2.76. The zero-order valence-corrected chi connectivity index (χ0v) is 14.0. The summed E-state index contributed by atoms with van der Waals surface area (Å²) < 4.78 is 0. The minimum absolute atomic E-state index is 0.0258. The number of hydrogen-bond donors (Lipinski definition) is 2. The molecule has 3 N–H and O–H groups in total. The van der Waals surface area contributed by atoms with Gasteiger partial charge >= 0.3 is 0 Å². The summed E-state index contributed by atoms with van der Waals surface area (Å²) in [5.41, 5.74) is 7.63. The number of unbranched alkanes of at least 4 members (excludes halogenated alkanes) is 1. The van der Waals surface area contributed by atoms with Gasteiger partial charge in [0.25, 0.3) is 0 Å². The molecule has 1 aromatic carbocycles. The molecular weight excluding hydrogens is 288 g/mol. The molecule has 1 amide bonds. The number of nitrogens with two attached hydrogens (primary N) is 1. The van der Waals surface area contributed by atoms with Crippen LogP contribution in [-0.4, -0.2) is 24.3 Å². The summed E-state index contributed by atoms with van der Waals surface area (Å²) in [5, 5.41) is 2.95. The molecule has 1 fully saturated rings. The average molecular weight is 316 g/mol. The molecule has 1 aliphatic rings. The summed E-state index contributed by atoms with van der Waals surface area (Å²) in [5.74, 6) is 0.494. The molecule has 2 rings (SSSR count). The van der Waals surface area contributed by atoms with Gasteiger partial charge < -0.3 is 11.1 Å². The van der Waals surface area contributed by atoms with E-state index in [0.29, 0.717) is 18.0 Å². The standard InChI is InChI=1S/C19H28N2O2/c1-2-3-4-14-5-7-16(8-6-14)18(22)11-12-19(23)21-17(13-20)15-9-10-15/h5-8,15,17H,2-4,9-13,20H2,1H3,(H,21,23). The quantitative estimate of drug-likeness (QED) is 0.652. The number of hydrogen-bond acceptors (Lipinski definition) is 3. The van der Waals surface area contributed by atoms with Crippen molar-refractivity contribution in [1.29, 1.82) is 0 Å². The van der Waals surface area contributed by atoms with Gasteiger partial charge in [-0.3, -0.25) is 9.59 Å². The lowest BCUT2D eigenvalue weighted by Crippen LogP contribution is -2.41. The first-order valence-electron chi connectivity index (χ1n) is 8.75. The number of amides is 1. The van der Waals surface area contributed by atoms with E-state index in [1.807, 2.05) is 24.3 Å². The Kier molecular flexibility index (Phi) is 6.78. The minimum atomic E-state index is -0.0692. The van der Waals surface area contributed by atoms with Crippen molar-refractivity contribution in [3.8, 4) is 0 Å². The molecule has 1 unspecified atom stereocenters. The van der Waals surface area contributed by atoms with Crippen LogP contribution in [0.5, 0.6) is 0 Å². The molecule has 0 radical (unpaired) electrons. The maximum Gasteiger partial charge on any atom is 0.220 e. The van der Waals surface area contributed by atoms with Crippen LogP contribution in [0.1, 0.15) is 61.4 Å². The van der Waals surface area contributed by atoms with Gasteiger partial charge in [-0.25, -0.2) is 0 Å². The molecule has 1 atom stereocenters. The molecule has 0 saturated heterocycles. The Hall–Kier alpha value is -1.68. The van der Waals surface area contributed by atoms with E-state index in [4.69, 9.17) is 5.73 Å². The number of ketones is 1. The van der Waals surface area contributed by atoms with Crippen molar-refractivity contribution in [2.24, 2.45) is 11.7 Å². The number of benzene rings is 1. The van der Waals surface area contributed by atoms with Gasteiger partial charge in [-0.15, -0.1) is 0 Å². The first-order valence-corrected chi connectivity index (χ1v) is 8.75. The van der Waals surface area contributed by atoms with Crippen molar-refractivity contribution in [2.75, 3.05) is 6.54 Å². The lowest BCUT2D eigenvalue weighted by atomic mass is 10.0. The normalized spacial score (nSPS) is 15.2. The van der Waals surface area contributed by atoms with E-state index in [2.05, 4.69) is 12.2 Å². The third-order valence-corrected chi connectivity index (χ3v) is 4.47. The molecule has 1 aliphatic carbocycles. The van der Waals surface area contributed by atoms with Gasteiger partial charge in [-0.2, -0.15) is 0 Å². The van der Waals surface area contributed by atoms with Crippen molar-refractivity contribution < 1.29 is 9.59 Å². The van der Waals surface area contributed by atoms with Crippen molar-refractivity contribution in [3.05, 3.63) is 35.4 Å². The van der Waals surface area contributed by atoms with E-state index in [1.165, 1.54) is 12.0 Å². The van der Waals surface area contributed by atoms with Crippen molar-refractivity contribution in [1.82, 2.24) is 5.32 Å². The fourth-order valence-corrected chi connectivity index (χ4v) is 2.76. The number of aryl methyl sites for hydroxylation is 1. The second-order valence-corrected chi connectivity index (χ2v) is 6.47. The van der Waals surface area contributed by atoms with Gasteiger partial charge in [0, 0.05) is 31.0 Å². The molecule has 4 heteroatoms. The Balaban J connectivity index is 1.76. The highest BCUT2D eigenvalue weighted by molar-refractivity contribution is 5.98. The van der Waals surface area contributed by atoms with Crippen LogP contribution in [0, 0.1) is 5.92 Å².